The van der Waals surface area contributed by atoms with E-state index in [0.29, 0.717) is 17.9 Å². The zero-order chi connectivity index (χ0) is 20.7. The minimum atomic E-state index is -0.219. The van der Waals surface area contributed by atoms with Crippen molar-refractivity contribution in [2.24, 2.45) is 0 Å². The van der Waals surface area contributed by atoms with Gasteiger partial charge in [-0.1, -0.05) is 24.3 Å². The van der Waals surface area contributed by atoms with Crippen molar-refractivity contribution in [2.75, 3.05) is 33.1 Å². The Kier molecular flexibility index (Phi) is 7.44. The summed E-state index contributed by atoms with van der Waals surface area (Å²) in [5.74, 6) is 0.936. The Labute approximate surface area is 166 Å². The third-order valence-electron chi connectivity index (χ3n) is 4.57. The number of aryl methyl sites for hydroxylation is 3. The number of amides is 2. The van der Waals surface area contributed by atoms with E-state index in [-0.39, 0.29) is 24.8 Å². The Balaban J connectivity index is 1.92. The molecule has 0 spiro atoms. The van der Waals surface area contributed by atoms with Gasteiger partial charge in [0.05, 0.1) is 20.8 Å². The molecular formula is C22H28N2O4. The second-order valence-electron chi connectivity index (χ2n) is 6.77. The third-order valence-corrected chi connectivity index (χ3v) is 4.57. The van der Waals surface area contributed by atoms with E-state index < -0.39 is 0 Å². The van der Waals surface area contributed by atoms with Crippen LogP contribution in [0.3, 0.4) is 0 Å². The van der Waals surface area contributed by atoms with Crippen LogP contribution in [0.2, 0.25) is 0 Å². The van der Waals surface area contributed by atoms with E-state index in [2.05, 4.69) is 5.32 Å². The number of rotatable bonds is 8. The average Bonchev–Trinajstić information content (AvgIpc) is 2.68. The monoisotopic (exact) mass is 384 g/mol. The molecule has 2 aromatic carbocycles. The molecule has 28 heavy (non-hydrogen) atoms. The van der Waals surface area contributed by atoms with E-state index in [1.165, 1.54) is 4.90 Å². The molecule has 2 amide bonds. The summed E-state index contributed by atoms with van der Waals surface area (Å²) in [6.07, 6.45) is 0.777. The van der Waals surface area contributed by atoms with Gasteiger partial charge in [-0.3, -0.25) is 9.59 Å². The Bertz CT molecular complexity index is 848. The number of methoxy groups -OCH3 is 2. The highest BCUT2D eigenvalue weighted by Crippen LogP contribution is 2.31. The lowest BCUT2D eigenvalue weighted by Crippen LogP contribution is -2.35. The molecule has 0 bridgehead atoms. The zero-order valence-corrected chi connectivity index (χ0v) is 17.2. The van der Waals surface area contributed by atoms with Crippen molar-refractivity contribution >= 4 is 17.5 Å². The van der Waals surface area contributed by atoms with Gasteiger partial charge in [-0.2, -0.15) is 0 Å². The van der Waals surface area contributed by atoms with Crippen molar-refractivity contribution < 1.29 is 19.1 Å². The molecule has 0 unspecified atom stereocenters. The molecule has 0 aliphatic heterocycles. The molecule has 0 saturated carbocycles. The SMILES string of the molecule is COc1cccc(CCC(=O)N(C)CC(=O)Nc2cc(C)ccc2C)c1OC. The van der Waals surface area contributed by atoms with Crippen molar-refractivity contribution in [3.8, 4) is 11.5 Å². The summed E-state index contributed by atoms with van der Waals surface area (Å²) >= 11 is 0. The third kappa shape index (κ3) is 5.49. The summed E-state index contributed by atoms with van der Waals surface area (Å²) in [6.45, 7) is 3.91. The Morgan fingerprint density at radius 2 is 1.82 bits per heavy atom. The van der Waals surface area contributed by atoms with Gasteiger partial charge in [0.2, 0.25) is 11.8 Å². The summed E-state index contributed by atoms with van der Waals surface area (Å²) in [4.78, 5) is 26.2. The zero-order valence-electron chi connectivity index (χ0n) is 17.2. The second-order valence-corrected chi connectivity index (χ2v) is 6.77. The number of hydrogen-bond donors (Lipinski definition) is 1. The summed E-state index contributed by atoms with van der Waals surface area (Å²) in [5, 5.41) is 2.87. The van der Waals surface area contributed by atoms with Crippen LogP contribution in [0.25, 0.3) is 0 Å². The van der Waals surface area contributed by atoms with Crippen LogP contribution in [0.4, 0.5) is 5.69 Å². The van der Waals surface area contributed by atoms with Gasteiger partial charge < -0.3 is 19.7 Å². The number of carbonyl (C=O) groups excluding carboxylic acids is 2. The normalized spacial score (nSPS) is 10.3. The first-order valence-electron chi connectivity index (χ1n) is 9.16. The average molecular weight is 384 g/mol. The van der Waals surface area contributed by atoms with Crippen molar-refractivity contribution in [3.05, 3.63) is 53.1 Å². The molecule has 1 N–H and O–H groups in total. The van der Waals surface area contributed by atoms with Crippen molar-refractivity contribution in [1.82, 2.24) is 4.90 Å². The van der Waals surface area contributed by atoms with E-state index in [4.69, 9.17) is 9.47 Å². The molecule has 6 heteroatoms. The molecule has 0 aromatic heterocycles. The Hall–Kier alpha value is -3.02. The predicted octanol–water partition coefficient (Wildman–Crippen LogP) is 3.35. The number of carbonyl (C=O) groups is 2. The van der Waals surface area contributed by atoms with E-state index in [0.717, 1.165) is 22.4 Å². The van der Waals surface area contributed by atoms with Crippen LogP contribution in [0.5, 0.6) is 11.5 Å². The number of nitrogens with one attached hydrogen (secondary N) is 1. The highest BCUT2D eigenvalue weighted by molar-refractivity contribution is 5.95. The summed E-state index contributed by atoms with van der Waals surface area (Å²) in [6, 6.07) is 11.5. The minimum Gasteiger partial charge on any atom is -0.493 e. The first-order valence-corrected chi connectivity index (χ1v) is 9.16. The van der Waals surface area contributed by atoms with E-state index in [1.807, 2.05) is 50.2 Å². The summed E-state index contributed by atoms with van der Waals surface area (Å²) in [5.41, 5.74) is 3.71. The highest BCUT2D eigenvalue weighted by atomic mass is 16.5. The number of para-hydroxylation sites is 1. The molecule has 0 aliphatic rings. The quantitative estimate of drug-likeness (QED) is 0.758. The van der Waals surface area contributed by atoms with Gasteiger partial charge in [0.1, 0.15) is 0 Å². The molecule has 0 fully saturated rings. The molecule has 0 heterocycles. The van der Waals surface area contributed by atoms with Gasteiger partial charge in [0, 0.05) is 19.2 Å². The van der Waals surface area contributed by atoms with Gasteiger partial charge in [-0.05, 0) is 49.1 Å². The molecule has 150 valence electrons. The number of hydrogen-bond acceptors (Lipinski definition) is 4. The van der Waals surface area contributed by atoms with Crippen molar-refractivity contribution in [3.63, 3.8) is 0 Å². The van der Waals surface area contributed by atoms with E-state index in [1.54, 1.807) is 21.3 Å². The molecule has 0 atom stereocenters. The Morgan fingerprint density at radius 1 is 1.07 bits per heavy atom. The maximum absolute atomic E-state index is 12.5. The number of anilines is 1. The van der Waals surface area contributed by atoms with Crippen LogP contribution in [0.1, 0.15) is 23.1 Å². The van der Waals surface area contributed by atoms with Gasteiger partial charge in [-0.15, -0.1) is 0 Å². The second kappa shape index (κ2) is 9.78. The van der Waals surface area contributed by atoms with Gasteiger partial charge in [0.25, 0.3) is 0 Å². The van der Waals surface area contributed by atoms with Crippen LogP contribution >= 0.6 is 0 Å². The lowest BCUT2D eigenvalue weighted by atomic mass is 10.1. The summed E-state index contributed by atoms with van der Waals surface area (Å²) in [7, 11) is 4.79. The topological polar surface area (TPSA) is 67.9 Å². The fraction of sp³-hybridized carbons (Fsp3) is 0.364. The number of likely N-dealkylation sites (N-methyl/N-ethyl adjacent to an activating group) is 1. The molecule has 6 nitrogen and oxygen atoms in total. The molecular weight excluding hydrogens is 356 g/mol. The van der Waals surface area contributed by atoms with Gasteiger partial charge in [0.15, 0.2) is 11.5 Å². The fourth-order valence-corrected chi connectivity index (χ4v) is 2.95. The highest BCUT2D eigenvalue weighted by Gasteiger charge is 2.16. The number of nitrogens with zero attached hydrogens (tertiary/aromatic N) is 1. The largest absolute Gasteiger partial charge is 0.493 e. The molecule has 0 aliphatic carbocycles. The summed E-state index contributed by atoms with van der Waals surface area (Å²) < 4.78 is 10.7. The molecule has 2 aromatic rings. The first kappa shape index (κ1) is 21.3. The number of benzene rings is 2. The fourth-order valence-electron chi connectivity index (χ4n) is 2.95. The van der Waals surface area contributed by atoms with Gasteiger partial charge >= 0.3 is 0 Å². The van der Waals surface area contributed by atoms with Gasteiger partial charge in [-0.25, -0.2) is 0 Å². The van der Waals surface area contributed by atoms with Crippen LogP contribution in [0.15, 0.2) is 36.4 Å². The predicted molar refractivity (Wildman–Crippen MR) is 110 cm³/mol. The number of ether oxygens (including phenoxy) is 2. The maximum Gasteiger partial charge on any atom is 0.243 e. The van der Waals surface area contributed by atoms with Crippen LogP contribution in [-0.4, -0.2) is 44.5 Å². The smallest absolute Gasteiger partial charge is 0.243 e. The lowest BCUT2D eigenvalue weighted by molar-refractivity contribution is -0.133. The lowest BCUT2D eigenvalue weighted by Gasteiger charge is -2.18. The first-order chi connectivity index (χ1) is 13.3. The van der Waals surface area contributed by atoms with Crippen molar-refractivity contribution in [1.29, 1.82) is 0 Å². The van der Waals surface area contributed by atoms with Crippen molar-refractivity contribution in [2.45, 2.75) is 26.7 Å². The molecule has 2 rings (SSSR count). The van der Waals surface area contributed by atoms with E-state index in [9.17, 15) is 9.59 Å². The van der Waals surface area contributed by atoms with E-state index >= 15 is 0 Å². The maximum atomic E-state index is 12.5. The standard InChI is InChI=1S/C22H28N2O4/c1-15-9-10-16(2)18(13-15)23-20(25)14-24(3)21(26)12-11-17-7-6-8-19(27-4)22(17)28-5/h6-10,13H,11-12,14H2,1-5H3,(H,23,25). The molecule has 0 saturated heterocycles. The van der Waals surface area contributed by atoms with Crippen LogP contribution in [0, 0.1) is 13.8 Å². The van der Waals surface area contributed by atoms with Crippen LogP contribution < -0.4 is 14.8 Å². The van der Waals surface area contributed by atoms with Crippen LogP contribution in [-0.2, 0) is 16.0 Å². The minimum absolute atomic E-state index is 0.00145. The Morgan fingerprint density at radius 3 is 2.50 bits per heavy atom. The molecule has 0 radical (unpaired) electrons.